The fourth-order valence-corrected chi connectivity index (χ4v) is 1.60. The average Bonchev–Trinajstić information content (AvgIpc) is 2.75. The SMILES string of the molecule is CC(CO)N(C)C(=O)c1csc(C(=O)O)n1. The van der Waals surface area contributed by atoms with E-state index in [9.17, 15) is 9.59 Å². The van der Waals surface area contributed by atoms with Crippen LogP contribution in [0.1, 0.15) is 27.2 Å². The molecule has 88 valence electrons. The van der Waals surface area contributed by atoms with E-state index >= 15 is 0 Å². The number of hydrogen-bond donors (Lipinski definition) is 2. The van der Waals surface area contributed by atoms with Crippen LogP contribution in [0.2, 0.25) is 0 Å². The number of carbonyl (C=O) groups is 2. The third kappa shape index (κ3) is 2.56. The predicted molar refractivity (Wildman–Crippen MR) is 57.7 cm³/mol. The minimum Gasteiger partial charge on any atom is -0.476 e. The third-order valence-corrected chi connectivity index (χ3v) is 2.98. The van der Waals surface area contributed by atoms with Gasteiger partial charge in [0.25, 0.3) is 5.91 Å². The highest BCUT2D eigenvalue weighted by Gasteiger charge is 2.20. The predicted octanol–water partition coefficient (Wildman–Crippen LogP) is 0.294. The first-order valence-electron chi connectivity index (χ1n) is 4.54. The van der Waals surface area contributed by atoms with Gasteiger partial charge >= 0.3 is 5.97 Å². The summed E-state index contributed by atoms with van der Waals surface area (Å²) in [6, 6.07) is -0.331. The lowest BCUT2D eigenvalue weighted by Crippen LogP contribution is -2.37. The molecule has 6 nitrogen and oxygen atoms in total. The summed E-state index contributed by atoms with van der Waals surface area (Å²) in [6.07, 6.45) is 0. The normalized spacial score (nSPS) is 12.2. The first-order chi connectivity index (χ1) is 7.47. The van der Waals surface area contributed by atoms with Crippen LogP contribution in [0.15, 0.2) is 5.38 Å². The van der Waals surface area contributed by atoms with Crippen molar-refractivity contribution >= 4 is 23.2 Å². The summed E-state index contributed by atoms with van der Waals surface area (Å²) < 4.78 is 0. The number of aliphatic hydroxyl groups excluding tert-OH is 1. The molecule has 0 saturated heterocycles. The van der Waals surface area contributed by atoms with Crippen molar-refractivity contribution in [2.45, 2.75) is 13.0 Å². The molecule has 0 bridgehead atoms. The zero-order valence-electron chi connectivity index (χ0n) is 8.88. The Bertz CT molecular complexity index is 404. The maximum absolute atomic E-state index is 11.7. The standard InChI is InChI=1S/C9H12N2O4S/c1-5(3-12)11(2)8(13)6-4-16-7(10-6)9(14)15/h4-5,12H,3H2,1-2H3,(H,14,15). The Kier molecular flexibility index (Phi) is 3.97. The summed E-state index contributed by atoms with van der Waals surface area (Å²) in [4.78, 5) is 27.3. The van der Waals surface area contributed by atoms with Crippen molar-refractivity contribution in [3.63, 3.8) is 0 Å². The number of carbonyl (C=O) groups excluding carboxylic acids is 1. The number of nitrogens with zero attached hydrogens (tertiary/aromatic N) is 2. The molecule has 0 aromatic carbocycles. The van der Waals surface area contributed by atoms with Crippen LogP contribution in [0, 0.1) is 0 Å². The third-order valence-electron chi connectivity index (χ3n) is 2.15. The number of likely N-dealkylation sites (N-methyl/N-ethyl adjacent to an activating group) is 1. The number of aliphatic hydroxyl groups is 1. The van der Waals surface area contributed by atoms with Crippen LogP contribution in [-0.4, -0.2) is 51.7 Å². The maximum atomic E-state index is 11.7. The Morgan fingerprint density at radius 1 is 1.62 bits per heavy atom. The van der Waals surface area contributed by atoms with Gasteiger partial charge in [-0.3, -0.25) is 4.79 Å². The lowest BCUT2D eigenvalue weighted by molar-refractivity contribution is 0.0676. The van der Waals surface area contributed by atoms with E-state index in [-0.39, 0.29) is 23.4 Å². The molecule has 0 aliphatic heterocycles. The number of hydrogen-bond acceptors (Lipinski definition) is 5. The van der Waals surface area contributed by atoms with Gasteiger partial charge in [0.15, 0.2) is 0 Å². The summed E-state index contributed by atoms with van der Waals surface area (Å²) in [6.45, 7) is 1.53. The summed E-state index contributed by atoms with van der Waals surface area (Å²) in [7, 11) is 1.53. The number of aromatic nitrogens is 1. The van der Waals surface area contributed by atoms with Crippen LogP contribution in [0.25, 0.3) is 0 Å². The molecule has 1 aromatic heterocycles. The zero-order chi connectivity index (χ0) is 12.3. The number of amides is 1. The number of thiazole rings is 1. The lowest BCUT2D eigenvalue weighted by Gasteiger charge is -2.21. The van der Waals surface area contributed by atoms with Crippen LogP contribution in [0.4, 0.5) is 0 Å². The van der Waals surface area contributed by atoms with Crippen LogP contribution >= 0.6 is 11.3 Å². The molecule has 0 spiro atoms. The summed E-state index contributed by atoms with van der Waals surface area (Å²) >= 11 is 0.902. The highest BCUT2D eigenvalue weighted by Crippen LogP contribution is 2.12. The maximum Gasteiger partial charge on any atom is 0.365 e. The number of aromatic carboxylic acids is 1. The van der Waals surface area contributed by atoms with E-state index in [1.165, 1.54) is 17.3 Å². The highest BCUT2D eigenvalue weighted by atomic mass is 32.1. The van der Waals surface area contributed by atoms with Gasteiger partial charge in [0, 0.05) is 12.4 Å². The minimum absolute atomic E-state index is 0.0881. The second-order valence-electron chi connectivity index (χ2n) is 3.29. The van der Waals surface area contributed by atoms with E-state index in [4.69, 9.17) is 10.2 Å². The first-order valence-corrected chi connectivity index (χ1v) is 5.42. The second kappa shape index (κ2) is 5.04. The number of carboxylic acids is 1. The molecule has 0 aliphatic carbocycles. The van der Waals surface area contributed by atoms with Crippen LogP contribution in [-0.2, 0) is 0 Å². The molecule has 2 N–H and O–H groups in total. The Hall–Kier alpha value is -1.47. The fraction of sp³-hybridized carbons (Fsp3) is 0.444. The molecule has 0 aliphatic rings. The summed E-state index contributed by atoms with van der Waals surface area (Å²) in [5.41, 5.74) is 0.0881. The molecule has 1 heterocycles. The van der Waals surface area contributed by atoms with Crippen molar-refractivity contribution in [3.8, 4) is 0 Å². The highest BCUT2D eigenvalue weighted by molar-refractivity contribution is 7.11. The van der Waals surface area contributed by atoms with Gasteiger partial charge < -0.3 is 15.1 Å². The molecule has 1 aromatic rings. The van der Waals surface area contributed by atoms with Crippen molar-refractivity contribution in [1.29, 1.82) is 0 Å². The zero-order valence-corrected chi connectivity index (χ0v) is 9.69. The van der Waals surface area contributed by atoms with Crippen molar-refractivity contribution in [2.75, 3.05) is 13.7 Å². The van der Waals surface area contributed by atoms with Crippen molar-refractivity contribution < 1.29 is 19.8 Å². The number of rotatable bonds is 4. The van der Waals surface area contributed by atoms with E-state index < -0.39 is 11.9 Å². The average molecular weight is 244 g/mol. The van der Waals surface area contributed by atoms with Gasteiger partial charge in [0.2, 0.25) is 5.01 Å². The Balaban J connectivity index is 2.84. The van der Waals surface area contributed by atoms with Crippen LogP contribution < -0.4 is 0 Å². The fourth-order valence-electron chi connectivity index (χ4n) is 0.974. The van der Waals surface area contributed by atoms with E-state index in [1.54, 1.807) is 6.92 Å². The van der Waals surface area contributed by atoms with E-state index in [2.05, 4.69) is 4.98 Å². The van der Waals surface area contributed by atoms with Gasteiger partial charge in [0.05, 0.1) is 12.6 Å². The molecule has 0 saturated carbocycles. The van der Waals surface area contributed by atoms with Crippen LogP contribution in [0.3, 0.4) is 0 Å². The molecule has 0 radical (unpaired) electrons. The Morgan fingerprint density at radius 2 is 2.25 bits per heavy atom. The quantitative estimate of drug-likeness (QED) is 0.794. The Morgan fingerprint density at radius 3 is 2.69 bits per heavy atom. The van der Waals surface area contributed by atoms with Crippen LogP contribution in [0.5, 0.6) is 0 Å². The molecule has 1 atom stereocenters. The van der Waals surface area contributed by atoms with Gasteiger partial charge in [-0.2, -0.15) is 0 Å². The van der Waals surface area contributed by atoms with Gasteiger partial charge in [-0.25, -0.2) is 9.78 Å². The van der Waals surface area contributed by atoms with E-state index in [1.807, 2.05) is 0 Å². The van der Waals surface area contributed by atoms with Gasteiger partial charge in [-0.05, 0) is 6.92 Å². The molecule has 1 rings (SSSR count). The number of carboxylic acid groups (broad SMARTS) is 1. The topological polar surface area (TPSA) is 90.7 Å². The molecule has 1 unspecified atom stereocenters. The molecular formula is C9H12N2O4S. The summed E-state index contributed by atoms with van der Waals surface area (Å²) in [5, 5.41) is 18.8. The molecule has 1 amide bonds. The van der Waals surface area contributed by atoms with Gasteiger partial charge in [-0.1, -0.05) is 0 Å². The molecule has 7 heteroatoms. The van der Waals surface area contributed by atoms with Gasteiger partial charge in [0.1, 0.15) is 5.69 Å². The van der Waals surface area contributed by atoms with E-state index in [0.29, 0.717) is 0 Å². The molecular weight excluding hydrogens is 232 g/mol. The van der Waals surface area contributed by atoms with Crippen molar-refractivity contribution in [2.24, 2.45) is 0 Å². The monoisotopic (exact) mass is 244 g/mol. The van der Waals surface area contributed by atoms with Crippen molar-refractivity contribution in [3.05, 3.63) is 16.1 Å². The molecule has 0 fully saturated rings. The largest absolute Gasteiger partial charge is 0.476 e. The Labute approximate surface area is 96.2 Å². The minimum atomic E-state index is -1.15. The smallest absolute Gasteiger partial charge is 0.365 e. The van der Waals surface area contributed by atoms with E-state index in [0.717, 1.165) is 11.3 Å². The van der Waals surface area contributed by atoms with Crippen molar-refractivity contribution in [1.82, 2.24) is 9.88 Å². The second-order valence-corrected chi connectivity index (χ2v) is 4.15. The lowest BCUT2D eigenvalue weighted by atomic mass is 10.3. The first kappa shape index (κ1) is 12.6. The summed E-state index contributed by atoms with van der Waals surface area (Å²) in [5.74, 6) is -1.55. The molecule has 16 heavy (non-hydrogen) atoms. The van der Waals surface area contributed by atoms with Gasteiger partial charge in [-0.15, -0.1) is 11.3 Å².